The normalized spacial score (nSPS) is 15.1. The predicted octanol–water partition coefficient (Wildman–Crippen LogP) is 1.58. The van der Waals surface area contributed by atoms with E-state index in [9.17, 15) is 8.42 Å². The molecule has 0 aromatic carbocycles. The van der Waals surface area contributed by atoms with E-state index < -0.39 is 14.7 Å². The maximum Gasteiger partial charge on any atom is 0.278 e. The van der Waals surface area contributed by atoms with Crippen LogP contribution >= 0.6 is 22.5 Å². The van der Waals surface area contributed by atoms with Crippen molar-refractivity contribution in [2.24, 2.45) is 0 Å². The molecule has 1 unspecified atom stereocenters. The zero-order valence-electron chi connectivity index (χ0n) is 5.52. The van der Waals surface area contributed by atoms with Crippen LogP contribution in [-0.4, -0.2) is 17.6 Å². The van der Waals surface area contributed by atoms with Crippen molar-refractivity contribution in [2.75, 3.05) is 0 Å². The Hall–Kier alpha value is 0.610. The predicted molar refractivity (Wildman–Crippen MR) is 46.8 cm³/mol. The molecule has 0 heterocycles. The summed E-state index contributed by atoms with van der Waals surface area (Å²) in [5.41, 5.74) is 0. The minimum absolute atomic E-state index is 0.438. The highest BCUT2D eigenvalue weighted by Crippen LogP contribution is 2.23. The molecular formula is C4H10O3S3. The topological polar surface area (TPSA) is 54.4 Å². The first kappa shape index (κ1) is 10.6. The molecule has 0 saturated carbocycles. The van der Waals surface area contributed by atoms with Crippen molar-refractivity contribution in [3.05, 3.63) is 0 Å². The van der Waals surface area contributed by atoms with Crippen molar-refractivity contribution in [2.45, 2.75) is 24.3 Å². The monoisotopic (exact) mass is 202 g/mol. The zero-order chi connectivity index (χ0) is 8.20. The van der Waals surface area contributed by atoms with E-state index in [1.165, 1.54) is 0 Å². The number of hydrogen-bond acceptors (Lipinski definition) is 4. The first-order valence-corrected chi connectivity index (χ1v) is 6.22. The molecule has 0 aromatic heterocycles. The maximum atomic E-state index is 10.4. The van der Waals surface area contributed by atoms with Gasteiger partial charge in [-0.15, -0.1) is 11.7 Å². The van der Waals surface area contributed by atoms with E-state index in [1.807, 2.05) is 6.92 Å². The van der Waals surface area contributed by atoms with E-state index in [-0.39, 0.29) is 0 Å². The lowest BCUT2D eigenvalue weighted by Gasteiger charge is -2.06. The fourth-order valence-electron chi connectivity index (χ4n) is 0.492. The number of hydrogen-bond donors (Lipinski definition) is 2. The Balaban J connectivity index is 4.08. The Labute approximate surface area is 70.1 Å². The summed E-state index contributed by atoms with van der Waals surface area (Å²) in [7, 11) is -3.03. The van der Waals surface area contributed by atoms with Gasteiger partial charge >= 0.3 is 0 Å². The lowest BCUT2D eigenvalue weighted by molar-refractivity contribution is 0.477. The second-order valence-corrected chi connectivity index (χ2v) is 5.15. The summed E-state index contributed by atoms with van der Waals surface area (Å²) in [6.45, 7) is 1.85. The Bertz CT molecular complexity index is 174. The van der Waals surface area contributed by atoms with Gasteiger partial charge in [-0.1, -0.05) is 24.1 Å². The van der Waals surface area contributed by atoms with E-state index in [4.69, 9.17) is 4.55 Å². The lowest BCUT2D eigenvalue weighted by atomic mass is 10.4. The van der Waals surface area contributed by atoms with Crippen LogP contribution in [-0.2, 0) is 10.1 Å². The van der Waals surface area contributed by atoms with Crippen molar-refractivity contribution in [3.63, 3.8) is 0 Å². The smallest absolute Gasteiger partial charge is 0.278 e. The fourth-order valence-corrected chi connectivity index (χ4v) is 3.10. The lowest BCUT2D eigenvalue weighted by Crippen LogP contribution is -2.14. The molecule has 0 aliphatic heterocycles. The van der Waals surface area contributed by atoms with Crippen LogP contribution in [0.3, 0.4) is 0 Å². The van der Waals surface area contributed by atoms with E-state index in [1.54, 1.807) is 0 Å². The van der Waals surface area contributed by atoms with Gasteiger partial charge < -0.3 is 0 Å². The van der Waals surface area contributed by atoms with Crippen LogP contribution < -0.4 is 0 Å². The molecule has 62 valence electrons. The summed E-state index contributed by atoms with van der Waals surface area (Å²) in [4.78, 5) is 0. The third kappa shape index (κ3) is 3.70. The molecular weight excluding hydrogens is 192 g/mol. The van der Waals surface area contributed by atoms with Gasteiger partial charge in [0, 0.05) is 0 Å². The average Bonchev–Trinajstić information content (AvgIpc) is 1.80. The summed E-state index contributed by atoms with van der Waals surface area (Å²) in [5, 5.41) is 0. The molecule has 3 nitrogen and oxygen atoms in total. The summed E-state index contributed by atoms with van der Waals surface area (Å²) < 4.78 is 28.6. The maximum absolute atomic E-state index is 10.4. The van der Waals surface area contributed by atoms with Crippen molar-refractivity contribution in [1.82, 2.24) is 0 Å². The van der Waals surface area contributed by atoms with Crippen molar-refractivity contribution < 1.29 is 13.0 Å². The van der Waals surface area contributed by atoms with Crippen LogP contribution in [0.1, 0.15) is 19.8 Å². The summed E-state index contributed by atoms with van der Waals surface area (Å²) >= 11 is 3.72. The fraction of sp³-hybridized carbons (Fsp3) is 1.00. The van der Waals surface area contributed by atoms with E-state index in [2.05, 4.69) is 11.7 Å². The first-order chi connectivity index (χ1) is 4.52. The van der Waals surface area contributed by atoms with Gasteiger partial charge in [0.1, 0.15) is 4.58 Å². The quantitative estimate of drug-likeness (QED) is 0.413. The summed E-state index contributed by atoms with van der Waals surface area (Å²) in [6, 6.07) is 0. The van der Waals surface area contributed by atoms with Gasteiger partial charge in [-0.3, -0.25) is 4.55 Å². The molecule has 6 heteroatoms. The average molecular weight is 202 g/mol. The molecule has 1 N–H and O–H groups in total. The van der Waals surface area contributed by atoms with Gasteiger partial charge in [0.2, 0.25) is 0 Å². The van der Waals surface area contributed by atoms with Crippen LogP contribution in [0.5, 0.6) is 0 Å². The highest BCUT2D eigenvalue weighted by molar-refractivity contribution is 8.70. The van der Waals surface area contributed by atoms with Crippen LogP contribution in [0.15, 0.2) is 0 Å². The van der Waals surface area contributed by atoms with Crippen molar-refractivity contribution in [3.8, 4) is 0 Å². The summed E-state index contributed by atoms with van der Waals surface area (Å²) in [5.74, 6) is 0. The van der Waals surface area contributed by atoms with Gasteiger partial charge in [0.15, 0.2) is 0 Å². The summed E-state index contributed by atoms with van der Waals surface area (Å²) in [6.07, 6.45) is 1.16. The Kier molecular flexibility index (Phi) is 4.75. The molecule has 10 heavy (non-hydrogen) atoms. The zero-order valence-corrected chi connectivity index (χ0v) is 8.05. The Morgan fingerprint density at radius 3 is 2.30 bits per heavy atom. The van der Waals surface area contributed by atoms with Gasteiger partial charge in [-0.2, -0.15) is 8.42 Å². The second kappa shape index (κ2) is 4.48. The highest BCUT2D eigenvalue weighted by atomic mass is 33.1. The van der Waals surface area contributed by atoms with Gasteiger partial charge in [-0.05, 0) is 6.42 Å². The van der Waals surface area contributed by atoms with Crippen LogP contribution in [0.4, 0.5) is 0 Å². The van der Waals surface area contributed by atoms with E-state index in [0.29, 0.717) is 6.42 Å². The molecule has 0 aliphatic carbocycles. The van der Waals surface area contributed by atoms with Crippen molar-refractivity contribution >= 4 is 32.6 Å². The second-order valence-electron chi connectivity index (χ2n) is 1.84. The number of thiol groups is 1. The Morgan fingerprint density at radius 2 is 2.20 bits per heavy atom. The van der Waals surface area contributed by atoms with Crippen LogP contribution in [0, 0.1) is 0 Å². The van der Waals surface area contributed by atoms with Gasteiger partial charge in [0.05, 0.1) is 0 Å². The molecule has 0 aromatic rings. The van der Waals surface area contributed by atoms with Gasteiger partial charge in [-0.25, -0.2) is 0 Å². The van der Waals surface area contributed by atoms with E-state index >= 15 is 0 Å². The third-order valence-electron chi connectivity index (χ3n) is 0.974. The van der Waals surface area contributed by atoms with Gasteiger partial charge in [0.25, 0.3) is 10.1 Å². The Morgan fingerprint density at radius 1 is 1.70 bits per heavy atom. The SMILES string of the molecule is CCCC(SS)S(=O)(=O)O. The molecule has 0 radical (unpaired) electrons. The molecule has 0 fully saturated rings. The standard InChI is InChI=1S/C4H10O3S3/c1-2-3-4(9-8)10(5,6)7/h4,8H,2-3H2,1H3,(H,5,6,7). The molecule has 0 rings (SSSR count). The highest BCUT2D eigenvalue weighted by Gasteiger charge is 2.20. The molecule has 1 atom stereocenters. The third-order valence-corrected chi connectivity index (χ3v) is 4.55. The number of rotatable bonds is 4. The molecule has 0 bridgehead atoms. The molecule has 0 aliphatic rings. The minimum Gasteiger partial charge on any atom is -0.285 e. The van der Waals surface area contributed by atoms with Crippen molar-refractivity contribution in [1.29, 1.82) is 0 Å². The minimum atomic E-state index is -3.89. The van der Waals surface area contributed by atoms with Crippen LogP contribution in [0.25, 0.3) is 0 Å². The first-order valence-electron chi connectivity index (χ1n) is 2.79. The largest absolute Gasteiger partial charge is 0.285 e. The van der Waals surface area contributed by atoms with E-state index in [0.717, 1.165) is 17.2 Å². The molecule has 0 saturated heterocycles. The van der Waals surface area contributed by atoms with Crippen LogP contribution in [0.2, 0.25) is 0 Å². The molecule has 0 amide bonds. The molecule has 0 spiro atoms.